The van der Waals surface area contributed by atoms with Gasteiger partial charge < -0.3 is 9.84 Å². The first-order chi connectivity index (χ1) is 6.98. The number of hydrogen-bond donors (Lipinski definition) is 1. The summed E-state index contributed by atoms with van der Waals surface area (Å²) < 4.78 is 5.08. The van der Waals surface area contributed by atoms with Gasteiger partial charge in [0.05, 0.1) is 12.1 Å². The highest BCUT2D eigenvalue weighted by atomic mass is 35.5. The van der Waals surface area contributed by atoms with Crippen molar-refractivity contribution < 1.29 is 9.84 Å². The topological polar surface area (TPSA) is 29.5 Å². The van der Waals surface area contributed by atoms with E-state index in [1.165, 1.54) is 0 Å². The van der Waals surface area contributed by atoms with Crippen LogP contribution in [0.4, 0.5) is 0 Å². The Labute approximate surface area is 95.8 Å². The maximum Gasteiger partial charge on any atom is 0.137 e. The smallest absolute Gasteiger partial charge is 0.137 e. The Morgan fingerprint density at radius 2 is 2.07 bits per heavy atom. The fourth-order valence-electron chi connectivity index (χ4n) is 1.43. The Balaban J connectivity index is 2.84. The zero-order valence-electron chi connectivity index (χ0n) is 9.38. The van der Waals surface area contributed by atoms with E-state index in [0.717, 1.165) is 12.0 Å². The lowest BCUT2D eigenvalue weighted by Gasteiger charge is -2.21. The number of methoxy groups -OCH3 is 1. The summed E-state index contributed by atoms with van der Waals surface area (Å²) >= 11 is 6.01. The van der Waals surface area contributed by atoms with Gasteiger partial charge in [-0.2, -0.15) is 0 Å². The summed E-state index contributed by atoms with van der Waals surface area (Å²) in [5, 5.41) is 9.78. The van der Waals surface area contributed by atoms with E-state index in [1.807, 2.05) is 32.0 Å². The lowest BCUT2D eigenvalue weighted by molar-refractivity contribution is 0.159. The molecule has 0 aliphatic heterocycles. The molecule has 0 amide bonds. The van der Waals surface area contributed by atoms with Crippen molar-refractivity contribution in [3.63, 3.8) is 0 Å². The number of rotatable bonds is 4. The van der Waals surface area contributed by atoms with Crippen LogP contribution in [0, 0.1) is 5.41 Å². The largest absolute Gasteiger partial charge is 0.495 e. The van der Waals surface area contributed by atoms with Gasteiger partial charge in [-0.05, 0) is 29.5 Å². The average Bonchev–Trinajstić information content (AvgIpc) is 2.17. The number of ether oxygens (including phenoxy) is 1. The van der Waals surface area contributed by atoms with E-state index in [-0.39, 0.29) is 12.0 Å². The Bertz CT molecular complexity index is 334. The highest BCUT2D eigenvalue weighted by molar-refractivity contribution is 6.32. The predicted molar refractivity (Wildman–Crippen MR) is 62.6 cm³/mol. The maximum atomic E-state index is 9.17. The van der Waals surface area contributed by atoms with Crippen LogP contribution < -0.4 is 4.74 Å². The van der Waals surface area contributed by atoms with Crippen LogP contribution in [0.5, 0.6) is 5.75 Å². The van der Waals surface area contributed by atoms with E-state index in [9.17, 15) is 0 Å². The van der Waals surface area contributed by atoms with Crippen LogP contribution >= 0.6 is 11.6 Å². The molecule has 84 valence electrons. The summed E-state index contributed by atoms with van der Waals surface area (Å²) in [6, 6.07) is 5.71. The van der Waals surface area contributed by atoms with Crippen molar-refractivity contribution in [1.29, 1.82) is 0 Å². The lowest BCUT2D eigenvalue weighted by atomic mass is 9.87. The van der Waals surface area contributed by atoms with Crippen LogP contribution in [0.25, 0.3) is 0 Å². The fraction of sp³-hybridized carbons (Fsp3) is 0.500. The standard InChI is InChI=1S/C12H17ClO2/c1-12(2,8-14)7-9-4-5-11(15-3)10(13)6-9/h4-6,14H,7-8H2,1-3H3. The number of hydrogen-bond acceptors (Lipinski definition) is 2. The number of aliphatic hydroxyl groups excluding tert-OH is 1. The first kappa shape index (κ1) is 12.3. The van der Waals surface area contributed by atoms with Gasteiger partial charge in [0.2, 0.25) is 0 Å². The molecule has 0 unspecified atom stereocenters. The van der Waals surface area contributed by atoms with Crippen molar-refractivity contribution in [1.82, 2.24) is 0 Å². The third-order valence-corrected chi connectivity index (χ3v) is 2.62. The summed E-state index contributed by atoms with van der Waals surface area (Å²) in [6.45, 7) is 4.20. The average molecular weight is 229 g/mol. The first-order valence-electron chi connectivity index (χ1n) is 4.92. The molecule has 1 rings (SSSR count). The Morgan fingerprint density at radius 1 is 1.40 bits per heavy atom. The molecule has 2 nitrogen and oxygen atoms in total. The molecule has 0 spiro atoms. The van der Waals surface area contributed by atoms with Crippen molar-refractivity contribution >= 4 is 11.6 Å². The Kier molecular flexibility index (Phi) is 4.00. The minimum Gasteiger partial charge on any atom is -0.495 e. The molecule has 0 aliphatic rings. The van der Waals surface area contributed by atoms with Crippen LogP contribution in [-0.4, -0.2) is 18.8 Å². The monoisotopic (exact) mass is 228 g/mol. The molecule has 0 aliphatic carbocycles. The molecule has 0 saturated heterocycles. The molecule has 0 fully saturated rings. The van der Waals surface area contributed by atoms with Gasteiger partial charge in [0.15, 0.2) is 0 Å². The quantitative estimate of drug-likeness (QED) is 0.859. The molecule has 0 bridgehead atoms. The van der Waals surface area contributed by atoms with Crippen LogP contribution in [0.1, 0.15) is 19.4 Å². The van der Waals surface area contributed by atoms with E-state index in [4.69, 9.17) is 21.4 Å². The van der Waals surface area contributed by atoms with E-state index in [2.05, 4.69) is 0 Å². The van der Waals surface area contributed by atoms with Gasteiger partial charge in [-0.25, -0.2) is 0 Å². The number of halogens is 1. The number of aliphatic hydroxyl groups is 1. The van der Waals surface area contributed by atoms with Gasteiger partial charge >= 0.3 is 0 Å². The minimum atomic E-state index is -0.113. The minimum absolute atomic E-state index is 0.113. The van der Waals surface area contributed by atoms with Crippen LogP contribution in [-0.2, 0) is 6.42 Å². The van der Waals surface area contributed by atoms with E-state index in [1.54, 1.807) is 7.11 Å². The van der Waals surface area contributed by atoms with Crippen LogP contribution in [0.2, 0.25) is 5.02 Å². The summed E-state index contributed by atoms with van der Waals surface area (Å²) in [4.78, 5) is 0. The van der Waals surface area contributed by atoms with Crippen molar-refractivity contribution in [3.05, 3.63) is 28.8 Å². The van der Waals surface area contributed by atoms with Gasteiger partial charge in [-0.3, -0.25) is 0 Å². The zero-order valence-corrected chi connectivity index (χ0v) is 10.1. The lowest BCUT2D eigenvalue weighted by Crippen LogP contribution is -2.19. The molecule has 3 heteroatoms. The van der Waals surface area contributed by atoms with Gasteiger partial charge in [0.25, 0.3) is 0 Å². The second-order valence-electron chi connectivity index (χ2n) is 4.47. The van der Waals surface area contributed by atoms with Gasteiger partial charge in [0.1, 0.15) is 5.75 Å². The normalized spacial score (nSPS) is 11.5. The summed E-state index contributed by atoms with van der Waals surface area (Å²) in [5.41, 5.74) is 0.998. The van der Waals surface area contributed by atoms with Crippen LogP contribution in [0.15, 0.2) is 18.2 Å². The number of benzene rings is 1. The molecule has 0 heterocycles. The highest BCUT2D eigenvalue weighted by Gasteiger charge is 2.17. The molecule has 1 N–H and O–H groups in total. The van der Waals surface area contributed by atoms with Crippen LogP contribution in [0.3, 0.4) is 0 Å². The summed E-state index contributed by atoms with van der Waals surface area (Å²) in [7, 11) is 1.60. The molecule has 0 aromatic heterocycles. The Morgan fingerprint density at radius 3 is 2.53 bits per heavy atom. The summed E-state index contributed by atoms with van der Waals surface area (Å²) in [6.07, 6.45) is 0.799. The van der Waals surface area contributed by atoms with E-state index < -0.39 is 0 Å². The predicted octanol–water partition coefficient (Wildman–Crippen LogP) is 2.91. The van der Waals surface area contributed by atoms with Gasteiger partial charge in [0, 0.05) is 6.61 Å². The van der Waals surface area contributed by atoms with Crippen molar-refractivity contribution in [3.8, 4) is 5.75 Å². The third-order valence-electron chi connectivity index (χ3n) is 2.33. The highest BCUT2D eigenvalue weighted by Crippen LogP contribution is 2.28. The molecular weight excluding hydrogens is 212 g/mol. The molecule has 1 aromatic rings. The molecule has 0 radical (unpaired) electrons. The molecule has 0 saturated carbocycles. The molecular formula is C12H17ClO2. The third kappa shape index (κ3) is 3.40. The molecule has 0 atom stereocenters. The van der Waals surface area contributed by atoms with E-state index in [0.29, 0.717) is 10.8 Å². The van der Waals surface area contributed by atoms with Crippen molar-refractivity contribution in [2.75, 3.05) is 13.7 Å². The first-order valence-corrected chi connectivity index (χ1v) is 5.29. The molecule has 15 heavy (non-hydrogen) atoms. The maximum absolute atomic E-state index is 9.17. The zero-order chi connectivity index (χ0) is 11.5. The fourth-order valence-corrected chi connectivity index (χ4v) is 1.71. The molecule has 1 aromatic carbocycles. The second kappa shape index (κ2) is 4.86. The van der Waals surface area contributed by atoms with Gasteiger partial charge in [-0.15, -0.1) is 0 Å². The summed E-state index contributed by atoms with van der Waals surface area (Å²) in [5.74, 6) is 0.683. The van der Waals surface area contributed by atoms with Crippen molar-refractivity contribution in [2.45, 2.75) is 20.3 Å². The van der Waals surface area contributed by atoms with Gasteiger partial charge in [-0.1, -0.05) is 31.5 Å². The Hall–Kier alpha value is -0.730. The second-order valence-corrected chi connectivity index (χ2v) is 4.88. The van der Waals surface area contributed by atoms with Crippen molar-refractivity contribution in [2.24, 2.45) is 5.41 Å². The SMILES string of the molecule is COc1ccc(CC(C)(C)CO)cc1Cl. The van der Waals surface area contributed by atoms with E-state index >= 15 is 0 Å².